The van der Waals surface area contributed by atoms with Gasteiger partial charge in [0, 0.05) is 10.4 Å². The van der Waals surface area contributed by atoms with Crippen LogP contribution in [0.5, 0.6) is 11.5 Å². The Bertz CT molecular complexity index is 1240. The summed E-state index contributed by atoms with van der Waals surface area (Å²) in [6.07, 6.45) is 1.26. The lowest BCUT2D eigenvalue weighted by molar-refractivity contribution is -0.385. The Hall–Kier alpha value is -3.27. The first-order chi connectivity index (χ1) is 13.8. The second-order valence-electron chi connectivity index (χ2n) is 6.67. The van der Waals surface area contributed by atoms with Crippen LogP contribution in [0.1, 0.15) is 31.2 Å². The number of halogens is 1. The van der Waals surface area contributed by atoms with Gasteiger partial charge >= 0.3 is 0 Å². The van der Waals surface area contributed by atoms with Crippen molar-refractivity contribution in [3.8, 4) is 11.5 Å². The number of aromatic nitrogens is 2. The van der Waals surface area contributed by atoms with Crippen LogP contribution < -0.4 is 15.0 Å². The number of fused-ring (bicyclic) bond motifs is 2. The summed E-state index contributed by atoms with van der Waals surface area (Å²) in [6.45, 7) is 3.77. The van der Waals surface area contributed by atoms with E-state index in [9.17, 15) is 14.9 Å². The molecule has 1 aromatic heterocycles. The maximum Gasteiger partial charge on any atom is 0.282 e. The zero-order valence-electron chi connectivity index (χ0n) is 15.5. The molecule has 2 aromatic carbocycles. The van der Waals surface area contributed by atoms with Crippen molar-refractivity contribution in [2.24, 2.45) is 5.10 Å². The lowest BCUT2D eigenvalue weighted by Crippen LogP contribution is -2.23. The van der Waals surface area contributed by atoms with Gasteiger partial charge in [-0.15, -0.1) is 0 Å². The normalized spacial score (nSPS) is 13.0. The number of ether oxygens (including phenoxy) is 2. The van der Waals surface area contributed by atoms with E-state index in [0.29, 0.717) is 28.2 Å². The third-order valence-electron chi connectivity index (χ3n) is 4.38. The van der Waals surface area contributed by atoms with Crippen LogP contribution in [-0.2, 0) is 0 Å². The van der Waals surface area contributed by atoms with E-state index in [1.165, 1.54) is 23.0 Å². The molecule has 0 aliphatic carbocycles. The topological polar surface area (TPSA) is 109 Å². The third-order valence-corrected chi connectivity index (χ3v) is 4.87. The van der Waals surface area contributed by atoms with Crippen molar-refractivity contribution in [2.75, 3.05) is 6.79 Å². The van der Waals surface area contributed by atoms with Gasteiger partial charge in [0.05, 0.1) is 33.7 Å². The maximum atomic E-state index is 13.0. The summed E-state index contributed by atoms with van der Waals surface area (Å²) in [7, 11) is 0. The van der Waals surface area contributed by atoms with Gasteiger partial charge in [-0.25, -0.2) is 4.98 Å². The van der Waals surface area contributed by atoms with Gasteiger partial charge in [0.1, 0.15) is 5.82 Å². The molecule has 10 heteroatoms. The quantitative estimate of drug-likeness (QED) is 0.334. The minimum absolute atomic E-state index is 0.00644. The molecule has 148 valence electrons. The monoisotopic (exact) mass is 458 g/mol. The van der Waals surface area contributed by atoms with Crippen molar-refractivity contribution >= 4 is 38.7 Å². The van der Waals surface area contributed by atoms with Gasteiger partial charge in [0.2, 0.25) is 6.79 Å². The Morgan fingerprint density at radius 3 is 2.69 bits per heavy atom. The Morgan fingerprint density at radius 2 is 2.00 bits per heavy atom. The molecule has 29 heavy (non-hydrogen) atoms. The smallest absolute Gasteiger partial charge is 0.282 e. The van der Waals surface area contributed by atoms with Gasteiger partial charge in [0.25, 0.3) is 11.2 Å². The van der Waals surface area contributed by atoms with E-state index in [-0.39, 0.29) is 29.5 Å². The highest BCUT2D eigenvalue weighted by atomic mass is 79.9. The molecule has 0 fully saturated rings. The minimum Gasteiger partial charge on any atom is -0.454 e. The summed E-state index contributed by atoms with van der Waals surface area (Å²) >= 11 is 3.35. The van der Waals surface area contributed by atoms with E-state index in [2.05, 4.69) is 26.0 Å². The van der Waals surface area contributed by atoms with Crippen molar-refractivity contribution in [2.45, 2.75) is 19.8 Å². The van der Waals surface area contributed by atoms with E-state index in [1.807, 2.05) is 19.9 Å². The molecule has 0 amide bonds. The highest BCUT2D eigenvalue weighted by Crippen LogP contribution is 2.37. The summed E-state index contributed by atoms with van der Waals surface area (Å²) in [5.41, 5.74) is 0.186. The predicted octanol–water partition coefficient (Wildman–Crippen LogP) is 3.80. The largest absolute Gasteiger partial charge is 0.454 e. The first-order valence-electron chi connectivity index (χ1n) is 8.69. The Morgan fingerprint density at radius 1 is 1.28 bits per heavy atom. The van der Waals surface area contributed by atoms with Gasteiger partial charge in [-0.05, 0) is 24.3 Å². The molecule has 3 aromatic rings. The van der Waals surface area contributed by atoms with Gasteiger partial charge in [-0.2, -0.15) is 9.78 Å². The van der Waals surface area contributed by atoms with E-state index in [4.69, 9.17) is 9.47 Å². The zero-order chi connectivity index (χ0) is 20.7. The van der Waals surface area contributed by atoms with Gasteiger partial charge in [0.15, 0.2) is 11.5 Å². The first-order valence-corrected chi connectivity index (χ1v) is 9.49. The molecule has 0 atom stereocenters. The lowest BCUT2D eigenvalue weighted by atomic mass is 10.1. The minimum atomic E-state index is -0.537. The second-order valence-corrected chi connectivity index (χ2v) is 7.58. The van der Waals surface area contributed by atoms with Crippen LogP contribution in [0.2, 0.25) is 0 Å². The molecule has 2 heterocycles. The SMILES string of the molecule is CC(C)c1nc2ccc(Br)cc2c(=O)n1N=Cc1cc2c(cc1[N+](=O)[O-])OCO2. The Balaban J connectivity index is 1.89. The van der Waals surface area contributed by atoms with Crippen LogP contribution in [0.15, 0.2) is 44.7 Å². The summed E-state index contributed by atoms with van der Waals surface area (Å²) in [5, 5.41) is 16.1. The van der Waals surface area contributed by atoms with E-state index < -0.39 is 4.92 Å². The molecule has 0 saturated carbocycles. The summed E-state index contributed by atoms with van der Waals surface area (Å²) in [4.78, 5) is 28.5. The number of nitro benzene ring substituents is 1. The van der Waals surface area contributed by atoms with Crippen molar-refractivity contribution in [3.63, 3.8) is 0 Å². The summed E-state index contributed by atoms with van der Waals surface area (Å²) < 4.78 is 12.4. The predicted molar refractivity (Wildman–Crippen MR) is 110 cm³/mol. The van der Waals surface area contributed by atoms with Crippen LogP contribution in [0.25, 0.3) is 10.9 Å². The number of nitrogens with zero attached hydrogens (tertiary/aromatic N) is 4. The number of hydrogen-bond donors (Lipinski definition) is 0. The molecule has 0 unspecified atom stereocenters. The molecule has 0 bridgehead atoms. The molecular weight excluding hydrogens is 444 g/mol. The molecular formula is C19H15BrN4O5. The molecule has 4 rings (SSSR count). The van der Waals surface area contributed by atoms with Gasteiger partial charge in [-0.1, -0.05) is 29.8 Å². The van der Waals surface area contributed by atoms with E-state index >= 15 is 0 Å². The summed E-state index contributed by atoms with van der Waals surface area (Å²) in [5.74, 6) is 1.03. The van der Waals surface area contributed by atoms with Crippen LogP contribution in [0, 0.1) is 10.1 Å². The average molecular weight is 459 g/mol. The van der Waals surface area contributed by atoms with Crippen LogP contribution in [0.3, 0.4) is 0 Å². The van der Waals surface area contributed by atoms with Crippen molar-refractivity contribution in [1.29, 1.82) is 0 Å². The van der Waals surface area contributed by atoms with E-state index in [1.54, 1.807) is 12.1 Å². The molecule has 0 saturated heterocycles. The van der Waals surface area contributed by atoms with Gasteiger partial charge in [-0.3, -0.25) is 14.9 Å². The highest BCUT2D eigenvalue weighted by molar-refractivity contribution is 9.10. The number of rotatable bonds is 4. The van der Waals surface area contributed by atoms with Crippen LogP contribution in [-0.4, -0.2) is 27.6 Å². The maximum absolute atomic E-state index is 13.0. The van der Waals surface area contributed by atoms with Crippen LogP contribution >= 0.6 is 15.9 Å². The molecule has 9 nitrogen and oxygen atoms in total. The van der Waals surface area contributed by atoms with Crippen molar-refractivity contribution in [3.05, 3.63) is 66.7 Å². The standard InChI is InChI=1S/C19H15BrN4O5/c1-10(2)18-22-14-4-3-12(20)6-13(14)19(25)23(18)21-8-11-5-16-17(29-9-28-16)7-15(11)24(26)27/h3-8,10H,9H2,1-2H3. The van der Waals surface area contributed by atoms with E-state index in [0.717, 1.165) is 4.47 Å². The molecule has 1 aliphatic rings. The Labute approximate surface area is 172 Å². The molecule has 1 aliphatic heterocycles. The van der Waals surface area contributed by atoms with Crippen molar-refractivity contribution in [1.82, 2.24) is 9.66 Å². The molecule has 0 N–H and O–H groups in total. The average Bonchev–Trinajstić information content (AvgIpc) is 3.14. The van der Waals surface area contributed by atoms with Crippen LogP contribution in [0.4, 0.5) is 5.69 Å². The Kier molecular flexibility index (Phi) is 4.79. The fourth-order valence-corrected chi connectivity index (χ4v) is 3.34. The van der Waals surface area contributed by atoms with Crippen molar-refractivity contribution < 1.29 is 14.4 Å². The fraction of sp³-hybridized carbons (Fsp3) is 0.211. The second kappa shape index (κ2) is 7.28. The van der Waals surface area contributed by atoms with Gasteiger partial charge < -0.3 is 9.47 Å². The third kappa shape index (κ3) is 3.46. The highest BCUT2D eigenvalue weighted by Gasteiger charge is 2.23. The lowest BCUT2D eigenvalue weighted by Gasteiger charge is -2.12. The number of hydrogen-bond acceptors (Lipinski definition) is 7. The number of nitro groups is 1. The fourth-order valence-electron chi connectivity index (χ4n) is 2.98. The molecule has 0 radical (unpaired) electrons. The number of benzene rings is 2. The first kappa shape index (κ1) is 19.1. The summed E-state index contributed by atoms with van der Waals surface area (Å²) in [6, 6.07) is 7.98. The zero-order valence-corrected chi connectivity index (χ0v) is 17.0. The molecule has 0 spiro atoms.